The van der Waals surface area contributed by atoms with Gasteiger partial charge in [0.25, 0.3) is 0 Å². The Labute approximate surface area is 134 Å². The van der Waals surface area contributed by atoms with Crippen molar-refractivity contribution in [2.75, 3.05) is 0 Å². The molecule has 3 N–H and O–H groups in total. The Kier molecular flexibility index (Phi) is 5.32. The molecule has 1 atom stereocenters. The van der Waals surface area contributed by atoms with Gasteiger partial charge in [-0.1, -0.05) is 44.0 Å². The summed E-state index contributed by atoms with van der Waals surface area (Å²) in [4.78, 5) is 0. The van der Waals surface area contributed by atoms with E-state index in [-0.39, 0.29) is 11.9 Å². The van der Waals surface area contributed by atoms with Crippen molar-refractivity contribution in [1.82, 2.24) is 5.43 Å². The van der Waals surface area contributed by atoms with Crippen LogP contribution < -0.4 is 11.3 Å². The number of benzene rings is 2. The van der Waals surface area contributed by atoms with E-state index < -0.39 is 0 Å². The molecule has 0 saturated heterocycles. The van der Waals surface area contributed by atoms with Crippen LogP contribution in [0.15, 0.2) is 45.3 Å². The Morgan fingerprint density at radius 3 is 2.55 bits per heavy atom. The summed E-state index contributed by atoms with van der Waals surface area (Å²) in [5.74, 6) is 5.41. The van der Waals surface area contributed by atoms with Gasteiger partial charge >= 0.3 is 0 Å². The van der Waals surface area contributed by atoms with Crippen LogP contribution in [0.5, 0.6) is 0 Å². The van der Waals surface area contributed by atoms with Crippen molar-refractivity contribution < 1.29 is 4.39 Å². The lowest BCUT2D eigenvalue weighted by atomic mass is 9.98. The van der Waals surface area contributed by atoms with E-state index in [4.69, 9.17) is 5.84 Å². The zero-order chi connectivity index (χ0) is 14.7. The molecule has 5 heteroatoms. The van der Waals surface area contributed by atoms with Crippen LogP contribution in [0, 0.1) is 12.7 Å². The minimum Gasteiger partial charge on any atom is -0.271 e. The fraction of sp³-hybridized carbons (Fsp3) is 0.200. The highest BCUT2D eigenvalue weighted by Gasteiger charge is 2.14. The molecule has 0 aliphatic carbocycles. The minimum atomic E-state index is -0.246. The highest BCUT2D eigenvalue weighted by molar-refractivity contribution is 9.10. The molecule has 2 aromatic carbocycles. The van der Waals surface area contributed by atoms with Crippen molar-refractivity contribution in [2.45, 2.75) is 19.4 Å². The zero-order valence-electron chi connectivity index (χ0n) is 11.0. The fourth-order valence-electron chi connectivity index (χ4n) is 2.02. The first-order valence-electron chi connectivity index (χ1n) is 6.17. The molecule has 0 aromatic heterocycles. The number of halogens is 3. The van der Waals surface area contributed by atoms with Crippen molar-refractivity contribution in [3.05, 3.63) is 67.9 Å². The third-order valence-corrected chi connectivity index (χ3v) is 4.86. The summed E-state index contributed by atoms with van der Waals surface area (Å²) in [5, 5.41) is 0. The number of hydrazine groups is 1. The SMILES string of the molecule is Cc1ccc(C(Cc2cc(F)ccc2Br)NN)cc1Br. The van der Waals surface area contributed by atoms with E-state index in [1.54, 1.807) is 6.07 Å². The van der Waals surface area contributed by atoms with Gasteiger partial charge in [-0.25, -0.2) is 4.39 Å². The molecule has 0 aliphatic rings. The maximum atomic E-state index is 13.3. The second kappa shape index (κ2) is 6.80. The summed E-state index contributed by atoms with van der Waals surface area (Å²) >= 11 is 6.96. The van der Waals surface area contributed by atoms with Gasteiger partial charge in [-0.05, 0) is 54.3 Å². The third-order valence-electron chi connectivity index (χ3n) is 3.23. The zero-order valence-corrected chi connectivity index (χ0v) is 14.1. The summed E-state index contributed by atoms with van der Waals surface area (Å²) in [6.45, 7) is 2.03. The standard InChI is InChI=1S/C15H15Br2FN2/c1-9-2-3-10(7-14(9)17)15(20-19)8-11-6-12(18)4-5-13(11)16/h2-7,15,20H,8,19H2,1H3. The predicted octanol–water partition coefficient (Wildman–Crippen LogP) is 4.41. The lowest BCUT2D eigenvalue weighted by molar-refractivity contribution is 0.547. The first-order valence-corrected chi connectivity index (χ1v) is 7.76. The quantitative estimate of drug-likeness (QED) is 0.588. The number of rotatable bonds is 4. The second-order valence-corrected chi connectivity index (χ2v) is 6.38. The maximum absolute atomic E-state index is 13.3. The van der Waals surface area contributed by atoms with E-state index in [1.165, 1.54) is 12.1 Å². The van der Waals surface area contributed by atoms with Gasteiger partial charge in [-0.3, -0.25) is 11.3 Å². The number of nitrogens with one attached hydrogen (secondary N) is 1. The molecule has 2 rings (SSSR count). The van der Waals surface area contributed by atoms with Crippen molar-refractivity contribution >= 4 is 31.9 Å². The van der Waals surface area contributed by atoms with Gasteiger partial charge in [0.2, 0.25) is 0 Å². The molecule has 106 valence electrons. The molecule has 1 unspecified atom stereocenters. The van der Waals surface area contributed by atoms with Crippen LogP contribution in [0.25, 0.3) is 0 Å². The highest BCUT2D eigenvalue weighted by Crippen LogP contribution is 2.27. The largest absolute Gasteiger partial charge is 0.271 e. The van der Waals surface area contributed by atoms with Gasteiger partial charge in [0.1, 0.15) is 5.82 Å². The van der Waals surface area contributed by atoms with Crippen molar-refractivity contribution in [1.29, 1.82) is 0 Å². The molecule has 0 spiro atoms. The second-order valence-electron chi connectivity index (χ2n) is 4.67. The monoisotopic (exact) mass is 400 g/mol. The van der Waals surface area contributed by atoms with E-state index in [0.717, 1.165) is 25.6 Å². The topological polar surface area (TPSA) is 38.0 Å². The molecule has 0 bridgehead atoms. The Balaban J connectivity index is 2.28. The van der Waals surface area contributed by atoms with E-state index in [1.807, 2.05) is 25.1 Å². The summed E-state index contributed by atoms with van der Waals surface area (Å²) in [6, 6.07) is 10.7. The minimum absolute atomic E-state index is 0.0787. The molecule has 0 heterocycles. The average Bonchev–Trinajstić information content (AvgIpc) is 2.43. The first kappa shape index (κ1) is 15.6. The molecule has 2 nitrogen and oxygen atoms in total. The van der Waals surface area contributed by atoms with Crippen LogP contribution in [0.2, 0.25) is 0 Å². The highest BCUT2D eigenvalue weighted by atomic mass is 79.9. The smallest absolute Gasteiger partial charge is 0.123 e. The van der Waals surface area contributed by atoms with Gasteiger partial charge in [0, 0.05) is 8.95 Å². The van der Waals surface area contributed by atoms with Crippen molar-refractivity contribution in [3.8, 4) is 0 Å². The van der Waals surface area contributed by atoms with Gasteiger partial charge in [-0.15, -0.1) is 0 Å². The molecule has 0 radical (unpaired) electrons. The Hall–Kier alpha value is -0.750. The van der Waals surface area contributed by atoms with E-state index in [0.29, 0.717) is 6.42 Å². The number of hydrogen-bond donors (Lipinski definition) is 2. The molecular formula is C15H15Br2FN2. The summed E-state index contributed by atoms with van der Waals surface area (Å²) < 4.78 is 15.3. The van der Waals surface area contributed by atoms with Gasteiger partial charge < -0.3 is 0 Å². The summed E-state index contributed by atoms with van der Waals surface area (Å²) in [6.07, 6.45) is 0.602. The number of aryl methyl sites for hydroxylation is 1. The van der Waals surface area contributed by atoms with Crippen LogP contribution in [0.1, 0.15) is 22.7 Å². The summed E-state index contributed by atoms with van der Waals surface area (Å²) in [7, 11) is 0. The van der Waals surface area contributed by atoms with Gasteiger partial charge in [0.15, 0.2) is 0 Å². The Morgan fingerprint density at radius 2 is 1.90 bits per heavy atom. The lowest BCUT2D eigenvalue weighted by Crippen LogP contribution is -2.29. The van der Waals surface area contributed by atoms with Crippen molar-refractivity contribution in [2.24, 2.45) is 5.84 Å². The lowest BCUT2D eigenvalue weighted by Gasteiger charge is -2.18. The molecule has 0 amide bonds. The van der Waals surface area contributed by atoms with Crippen molar-refractivity contribution in [3.63, 3.8) is 0 Å². The number of nitrogens with two attached hydrogens (primary N) is 1. The predicted molar refractivity (Wildman–Crippen MR) is 86.7 cm³/mol. The molecule has 0 saturated carbocycles. The molecule has 2 aromatic rings. The molecule has 0 aliphatic heterocycles. The van der Waals surface area contributed by atoms with Crippen LogP contribution in [-0.4, -0.2) is 0 Å². The Bertz CT molecular complexity index is 617. The van der Waals surface area contributed by atoms with Gasteiger partial charge in [-0.2, -0.15) is 0 Å². The van der Waals surface area contributed by atoms with Crippen LogP contribution in [0.4, 0.5) is 4.39 Å². The van der Waals surface area contributed by atoms with Crippen LogP contribution >= 0.6 is 31.9 Å². The number of hydrogen-bond acceptors (Lipinski definition) is 2. The third kappa shape index (κ3) is 3.67. The van der Waals surface area contributed by atoms with Crippen LogP contribution in [-0.2, 0) is 6.42 Å². The average molecular weight is 402 g/mol. The molecule has 0 fully saturated rings. The maximum Gasteiger partial charge on any atom is 0.123 e. The van der Waals surface area contributed by atoms with E-state index >= 15 is 0 Å². The van der Waals surface area contributed by atoms with Gasteiger partial charge in [0.05, 0.1) is 6.04 Å². The molecule has 20 heavy (non-hydrogen) atoms. The summed E-state index contributed by atoms with van der Waals surface area (Å²) in [5.41, 5.74) is 5.90. The normalized spacial score (nSPS) is 12.4. The van der Waals surface area contributed by atoms with E-state index in [2.05, 4.69) is 37.3 Å². The Morgan fingerprint density at radius 1 is 1.15 bits per heavy atom. The first-order chi connectivity index (χ1) is 9.51. The fourth-order valence-corrected chi connectivity index (χ4v) is 2.82. The van der Waals surface area contributed by atoms with Crippen LogP contribution in [0.3, 0.4) is 0 Å². The van der Waals surface area contributed by atoms with E-state index in [9.17, 15) is 4.39 Å². The molecular weight excluding hydrogens is 387 g/mol.